The van der Waals surface area contributed by atoms with Gasteiger partial charge in [-0.1, -0.05) is 11.2 Å². The Kier molecular flexibility index (Phi) is 10.2. The molecular formula is C26H33N10O7S2+. The highest BCUT2D eigenvalue weighted by molar-refractivity contribution is 8.00. The summed E-state index contributed by atoms with van der Waals surface area (Å²) in [6, 6.07) is -1.08. The van der Waals surface area contributed by atoms with Crippen molar-refractivity contribution in [2.45, 2.75) is 37.4 Å². The number of aromatic nitrogens is 3. The molecule has 2 atom stereocenters. The lowest BCUT2D eigenvalue weighted by Crippen LogP contribution is -2.71. The van der Waals surface area contributed by atoms with E-state index in [2.05, 4.69) is 31.1 Å². The molecule has 2 aromatic heterocycles. The normalized spacial score (nSPS) is 18.4. The van der Waals surface area contributed by atoms with Crippen molar-refractivity contribution in [3.8, 4) is 0 Å². The number of carbonyl (C=O) groups is 4. The van der Waals surface area contributed by atoms with Gasteiger partial charge in [-0.15, -0.1) is 23.1 Å². The van der Waals surface area contributed by atoms with Crippen molar-refractivity contribution in [1.29, 1.82) is 0 Å². The van der Waals surface area contributed by atoms with Crippen LogP contribution in [-0.4, -0.2) is 97.5 Å². The average molecular weight is 662 g/mol. The topological polar surface area (TPSA) is 251 Å². The van der Waals surface area contributed by atoms with Crippen molar-refractivity contribution in [1.82, 2.24) is 25.5 Å². The molecule has 240 valence electrons. The van der Waals surface area contributed by atoms with Crippen LogP contribution in [0.3, 0.4) is 0 Å². The third kappa shape index (κ3) is 7.49. The van der Waals surface area contributed by atoms with Crippen LogP contribution >= 0.6 is 23.1 Å². The Labute approximate surface area is 265 Å². The van der Waals surface area contributed by atoms with Crippen LogP contribution in [0.5, 0.6) is 0 Å². The number of nitrogens with two attached hydrogens (primary N) is 2. The number of thioether (sulfide) groups is 1. The number of fused-ring (bicyclic) bond motifs is 1. The number of rotatable bonds is 14. The summed E-state index contributed by atoms with van der Waals surface area (Å²) in [5, 5.41) is 32.7. The van der Waals surface area contributed by atoms with Gasteiger partial charge in [-0.2, -0.15) is 0 Å². The molecule has 2 amide bonds. The molecule has 45 heavy (non-hydrogen) atoms. The van der Waals surface area contributed by atoms with E-state index in [9.17, 15) is 29.4 Å². The summed E-state index contributed by atoms with van der Waals surface area (Å²) in [6.07, 6.45) is 6.73. The minimum Gasteiger partial charge on any atom is -0.478 e. The SMILES string of the molecule is CNCCNc1c[n+](C/C=C/C2=C(C(=O)O)N3C(=O)[C@@H](NC(=O)/C(=N\OC(C)(C)C(=O)O)c4csc(N)n4)[C@H]3SC2)cnc1N. The molecule has 0 bridgehead atoms. The van der Waals surface area contributed by atoms with E-state index in [1.165, 1.54) is 31.0 Å². The Hall–Kier alpha value is -4.75. The zero-order valence-corrected chi connectivity index (χ0v) is 26.1. The number of nitrogens with one attached hydrogen (secondary N) is 3. The molecule has 2 aromatic rings. The first-order chi connectivity index (χ1) is 21.3. The number of aliphatic carboxylic acids is 2. The fourth-order valence-corrected chi connectivity index (χ4v) is 5.99. The number of thiazole rings is 1. The van der Waals surface area contributed by atoms with Crippen molar-refractivity contribution in [2.75, 3.05) is 42.7 Å². The summed E-state index contributed by atoms with van der Waals surface area (Å²) in [6.45, 7) is 4.22. The molecule has 1 saturated heterocycles. The van der Waals surface area contributed by atoms with Crippen LogP contribution in [0, 0.1) is 0 Å². The molecule has 4 rings (SSSR count). The molecule has 4 heterocycles. The lowest BCUT2D eigenvalue weighted by Gasteiger charge is -2.49. The molecule has 0 spiro atoms. The van der Waals surface area contributed by atoms with E-state index >= 15 is 0 Å². The Morgan fingerprint density at radius 2 is 2.04 bits per heavy atom. The Morgan fingerprint density at radius 3 is 2.69 bits per heavy atom. The van der Waals surface area contributed by atoms with Crippen molar-refractivity contribution < 1.29 is 38.8 Å². The summed E-state index contributed by atoms with van der Waals surface area (Å²) in [4.78, 5) is 64.6. The van der Waals surface area contributed by atoms with E-state index in [1.54, 1.807) is 29.2 Å². The molecule has 1 fully saturated rings. The van der Waals surface area contributed by atoms with E-state index < -0.39 is 46.5 Å². The quantitative estimate of drug-likeness (QED) is 0.0431. The fourth-order valence-electron chi connectivity index (χ4n) is 4.13. The van der Waals surface area contributed by atoms with E-state index in [0.29, 0.717) is 30.2 Å². The third-order valence-corrected chi connectivity index (χ3v) is 8.56. The number of β-lactam (4-membered cyclic amide) rings is 1. The van der Waals surface area contributed by atoms with Gasteiger partial charge in [0.25, 0.3) is 24.0 Å². The second kappa shape index (κ2) is 13.9. The van der Waals surface area contributed by atoms with E-state index in [0.717, 1.165) is 22.8 Å². The minimum atomic E-state index is -1.77. The Bertz CT molecular complexity index is 1590. The molecule has 0 aromatic carbocycles. The van der Waals surface area contributed by atoms with Gasteiger partial charge in [0.05, 0.1) is 0 Å². The van der Waals surface area contributed by atoms with Crippen molar-refractivity contribution >= 4 is 69.2 Å². The third-order valence-electron chi connectivity index (χ3n) is 6.59. The number of oxime groups is 1. The number of nitrogens with zero attached hydrogens (tertiary/aromatic N) is 5. The van der Waals surface area contributed by atoms with Gasteiger partial charge in [-0.3, -0.25) is 14.5 Å². The van der Waals surface area contributed by atoms with Crippen molar-refractivity contribution in [3.05, 3.63) is 47.0 Å². The second-order valence-corrected chi connectivity index (χ2v) is 12.3. The predicted octanol–water partition coefficient (Wildman–Crippen LogP) is -0.800. The summed E-state index contributed by atoms with van der Waals surface area (Å²) in [5.74, 6) is -3.53. The summed E-state index contributed by atoms with van der Waals surface area (Å²) >= 11 is 2.30. The van der Waals surface area contributed by atoms with Gasteiger partial charge < -0.3 is 42.5 Å². The Balaban J connectivity index is 1.48. The van der Waals surface area contributed by atoms with Gasteiger partial charge in [0, 0.05) is 24.2 Å². The number of amides is 2. The first-order valence-electron chi connectivity index (χ1n) is 13.5. The molecule has 2 aliphatic rings. The number of carbonyl (C=O) groups excluding carboxylic acids is 2. The van der Waals surface area contributed by atoms with E-state index in [-0.39, 0.29) is 22.3 Å². The van der Waals surface area contributed by atoms with Crippen LogP contribution in [0.1, 0.15) is 19.5 Å². The highest BCUT2D eigenvalue weighted by atomic mass is 32.2. The van der Waals surface area contributed by atoms with Gasteiger partial charge in [0.1, 0.15) is 41.2 Å². The summed E-state index contributed by atoms with van der Waals surface area (Å²) in [7, 11) is 1.84. The Morgan fingerprint density at radius 1 is 1.29 bits per heavy atom. The van der Waals surface area contributed by atoms with Gasteiger partial charge in [0.2, 0.25) is 5.60 Å². The number of likely N-dealkylation sites (N-methyl/N-ethyl adjacent to an activating group) is 1. The zero-order valence-electron chi connectivity index (χ0n) is 24.5. The average Bonchev–Trinajstić information content (AvgIpc) is 3.42. The number of carboxylic acid groups (broad SMARTS) is 2. The van der Waals surface area contributed by atoms with Gasteiger partial charge in [0.15, 0.2) is 10.8 Å². The highest BCUT2D eigenvalue weighted by Gasteiger charge is 2.54. The fraction of sp³-hybridized carbons (Fsp3) is 0.385. The standard InChI is InChI=1S/C26H32N10O7S2/c1-26(2,24(41)42)43-34-16(15-11-45-25(28)32-15)20(37)33-17-21(38)36-18(23(39)40)13(10-44-22(17)36)5-4-8-35-9-14(19(27)31-12-35)30-7-6-29-3/h4-5,9,11-12,17,22,27,29-30H,6-8,10H2,1-3H3,(H5,28,32,33,37,39,40,41,42)/p+1/b5-4+,34-16-/t17-,22-/m1/s1. The van der Waals surface area contributed by atoms with E-state index in [1.807, 2.05) is 7.05 Å². The zero-order chi connectivity index (χ0) is 32.9. The molecule has 19 heteroatoms. The molecule has 0 radical (unpaired) electrons. The van der Waals surface area contributed by atoms with Crippen LogP contribution in [0.2, 0.25) is 0 Å². The van der Waals surface area contributed by atoms with Gasteiger partial charge >= 0.3 is 11.9 Å². The minimum absolute atomic E-state index is 0.0182. The molecule has 2 aliphatic heterocycles. The first-order valence-corrected chi connectivity index (χ1v) is 15.4. The van der Waals surface area contributed by atoms with Gasteiger partial charge in [-0.25, -0.2) is 19.1 Å². The lowest BCUT2D eigenvalue weighted by molar-refractivity contribution is -0.689. The van der Waals surface area contributed by atoms with Crippen molar-refractivity contribution in [2.24, 2.45) is 5.16 Å². The number of anilines is 3. The van der Waals surface area contributed by atoms with Crippen LogP contribution < -0.4 is 32.0 Å². The van der Waals surface area contributed by atoms with Crippen LogP contribution in [0.25, 0.3) is 0 Å². The first kappa shape index (κ1) is 33.1. The van der Waals surface area contributed by atoms with Crippen LogP contribution in [0.15, 0.2) is 46.5 Å². The lowest BCUT2D eigenvalue weighted by atomic mass is 10.0. The van der Waals surface area contributed by atoms with Crippen molar-refractivity contribution in [3.63, 3.8) is 0 Å². The largest absolute Gasteiger partial charge is 0.478 e. The maximum atomic E-state index is 13.2. The number of hydrogen-bond acceptors (Lipinski definition) is 14. The second-order valence-electron chi connectivity index (χ2n) is 10.3. The number of hydrogen-bond donors (Lipinski definition) is 7. The smallest absolute Gasteiger partial charge is 0.352 e. The highest BCUT2D eigenvalue weighted by Crippen LogP contribution is 2.40. The van der Waals surface area contributed by atoms with Gasteiger partial charge in [-0.05, 0) is 37.5 Å². The number of carboxylic acids is 2. The maximum absolute atomic E-state index is 13.2. The van der Waals surface area contributed by atoms with E-state index in [4.69, 9.17) is 16.3 Å². The summed E-state index contributed by atoms with van der Waals surface area (Å²) in [5.41, 5.74) is 10.4. The molecule has 0 unspecified atom stereocenters. The maximum Gasteiger partial charge on any atom is 0.352 e. The number of nitrogen functional groups attached to an aromatic ring is 2. The van der Waals surface area contributed by atoms with Crippen LogP contribution in [0.4, 0.5) is 16.6 Å². The monoisotopic (exact) mass is 661 g/mol. The molecule has 9 N–H and O–H groups in total. The summed E-state index contributed by atoms with van der Waals surface area (Å²) < 4.78 is 1.77. The molecule has 17 nitrogen and oxygen atoms in total. The number of allylic oxidation sites excluding steroid dienone is 2. The predicted molar refractivity (Wildman–Crippen MR) is 166 cm³/mol. The molecule has 0 saturated carbocycles. The van der Waals surface area contributed by atoms with Crippen LogP contribution in [-0.2, 0) is 30.6 Å². The molecule has 0 aliphatic carbocycles. The molecular weight excluding hydrogens is 628 g/mol.